The fourth-order valence-corrected chi connectivity index (χ4v) is 4.70. The molecule has 3 amide bonds. The van der Waals surface area contributed by atoms with Crippen molar-refractivity contribution < 1.29 is 19.5 Å². The highest BCUT2D eigenvalue weighted by Gasteiger charge is 2.35. The molecule has 1 aromatic heterocycles. The molecule has 1 unspecified atom stereocenters. The van der Waals surface area contributed by atoms with E-state index in [9.17, 15) is 19.5 Å². The fourth-order valence-electron chi connectivity index (χ4n) is 4.70. The molecule has 7 nitrogen and oxygen atoms in total. The zero-order chi connectivity index (χ0) is 21.5. The van der Waals surface area contributed by atoms with Gasteiger partial charge in [-0.15, -0.1) is 0 Å². The zero-order valence-electron chi connectivity index (χ0n) is 17.0. The summed E-state index contributed by atoms with van der Waals surface area (Å²) >= 11 is 0. The second-order valence-corrected chi connectivity index (χ2v) is 8.10. The van der Waals surface area contributed by atoms with Crippen LogP contribution in [0.4, 0.5) is 0 Å². The van der Waals surface area contributed by atoms with Gasteiger partial charge < -0.3 is 15.0 Å². The van der Waals surface area contributed by atoms with E-state index in [0.29, 0.717) is 30.5 Å². The van der Waals surface area contributed by atoms with E-state index in [1.54, 1.807) is 29.2 Å². The van der Waals surface area contributed by atoms with Crippen LogP contribution in [0.1, 0.15) is 44.8 Å². The largest absolute Gasteiger partial charge is 0.394 e. The molecule has 2 aliphatic heterocycles. The van der Waals surface area contributed by atoms with Gasteiger partial charge in [-0.05, 0) is 36.6 Å². The van der Waals surface area contributed by atoms with Crippen LogP contribution in [-0.2, 0) is 17.8 Å². The third kappa shape index (κ3) is 3.21. The van der Waals surface area contributed by atoms with Gasteiger partial charge in [0.15, 0.2) is 0 Å². The lowest BCUT2D eigenvalue weighted by Crippen LogP contribution is -2.46. The number of aliphatic hydroxyl groups is 1. The van der Waals surface area contributed by atoms with Crippen LogP contribution in [-0.4, -0.2) is 56.8 Å². The number of benzene rings is 2. The van der Waals surface area contributed by atoms with Gasteiger partial charge in [0, 0.05) is 29.6 Å². The summed E-state index contributed by atoms with van der Waals surface area (Å²) in [5.41, 5.74) is 4.02. The Balaban J connectivity index is 1.25. The van der Waals surface area contributed by atoms with E-state index in [-0.39, 0.29) is 43.3 Å². The Kier molecular flexibility index (Phi) is 4.82. The lowest BCUT2D eigenvalue weighted by Gasteiger charge is -2.35. The Morgan fingerprint density at radius 1 is 1.03 bits per heavy atom. The van der Waals surface area contributed by atoms with E-state index >= 15 is 0 Å². The van der Waals surface area contributed by atoms with Crippen molar-refractivity contribution in [3.05, 3.63) is 70.9 Å². The van der Waals surface area contributed by atoms with Crippen LogP contribution in [0.5, 0.6) is 0 Å². The molecule has 31 heavy (non-hydrogen) atoms. The van der Waals surface area contributed by atoms with Crippen molar-refractivity contribution in [2.75, 3.05) is 13.2 Å². The quantitative estimate of drug-likeness (QED) is 0.624. The molecule has 0 aliphatic carbocycles. The highest BCUT2D eigenvalue weighted by atomic mass is 16.3. The molecule has 3 heterocycles. The summed E-state index contributed by atoms with van der Waals surface area (Å²) in [5, 5.41) is 11.0. The summed E-state index contributed by atoms with van der Waals surface area (Å²) in [6.07, 6.45) is 1.19. The van der Waals surface area contributed by atoms with Crippen molar-refractivity contribution in [1.82, 2.24) is 14.8 Å². The molecule has 7 heteroatoms. The predicted molar refractivity (Wildman–Crippen MR) is 114 cm³/mol. The van der Waals surface area contributed by atoms with Crippen molar-refractivity contribution in [3.8, 4) is 0 Å². The van der Waals surface area contributed by atoms with Gasteiger partial charge in [-0.25, -0.2) is 0 Å². The van der Waals surface area contributed by atoms with Crippen LogP contribution in [0, 0.1) is 0 Å². The lowest BCUT2D eigenvalue weighted by atomic mass is 9.96. The molecule has 1 atom stereocenters. The van der Waals surface area contributed by atoms with E-state index in [0.717, 1.165) is 22.2 Å². The highest BCUT2D eigenvalue weighted by Crippen LogP contribution is 2.30. The minimum absolute atomic E-state index is 0.0834. The van der Waals surface area contributed by atoms with Gasteiger partial charge >= 0.3 is 0 Å². The van der Waals surface area contributed by atoms with Gasteiger partial charge in [-0.1, -0.05) is 30.3 Å². The molecule has 3 aromatic rings. The number of aliphatic hydroxyl groups excluding tert-OH is 1. The van der Waals surface area contributed by atoms with Crippen LogP contribution < -0.4 is 0 Å². The molecule has 0 saturated carbocycles. The normalized spacial score (nSPS) is 17.9. The molecule has 2 aliphatic rings. The Hall–Kier alpha value is -3.45. The summed E-state index contributed by atoms with van der Waals surface area (Å²) in [7, 11) is 0. The first-order chi connectivity index (χ1) is 15.1. The third-order valence-electron chi connectivity index (χ3n) is 6.29. The van der Waals surface area contributed by atoms with Gasteiger partial charge in [0.25, 0.3) is 11.8 Å². The number of rotatable bonds is 5. The number of H-pyrrole nitrogens is 1. The number of fused-ring (bicyclic) bond motifs is 4. The maximum Gasteiger partial charge on any atom is 0.261 e. The number of hydrogen-bond donors (Lipinski definition) is 2. The number of imide groups is 1. The van der Waals surface area contributed by atoms with Crippen LogP contribution in [0.2, 0.25) is 0 Å². The molecule has 0 radical (unpaired) electrons. The number of hydrogen-bond acceptors (Lipinski definition) is 4. The van der Waals surface area contributed by atoms with Crippen LogP contribution in [0.15, 0.2) is 48.5 Å². The molecule has 2 N–H and O–H groups in total. The first kappa shape index (κ1) is 19.5. The van der Waals surface area contributed by atoms with Crippen LogP contribution >= 0.6 is 0 Å². The maximum absolute atomic E-state index is 13.0. The number of nitrogens with zero attached hydrogens (tertiary/aromatic N) is 2. The molecule has 0 saturated heterocycles. The van der Waals surface area contributed by atoms with Crippen LogP contribution in [0.3, 0.4) is 0 Å². The van der Waals surface area contributed by atoms with Crippen molar-refractivity contribution in [3.63, 3.8) is 0 Å². The smallest absolute Gasteiger partial charge is 0.261 e. The summed E-state index contributed by atoms with van der Waals surface area (Å²) in [5.74, 6) is -0.691. The van der Waals surface area contributed by atoms with E-state index < -0.39 is 0 Å². The van der Waals surface area contributed by atoms with Gasteiger partial charge in [-0.2, -0.15) is 0 Å². The SMILES string of the molecule is O=C1c2ccccc2C(=O)N1CCCC(=O)N1Cc2[nH]c3ccccc3c2CC1CO. The summed E-state index contributed by atoms with van der Waals surface area (Å²) in [6, 6.07) is 14.5. The van der Waals surface area contributed by atoms with Crippen molar-refractivity contribution >= 4 is 28.6 Å². The Morgan fingerprint density at radius 2 is 1.71 bits per heavy atom. The van der Waals surface area contributed by atoms with Crippen molar-refractivity contribution in [2.45, 2.75) is 31.8 Å². The van der Waals surface area contributed by atoms with Gasteiger partial charge in [0.05, 0.1) is 30.3 Å². The highest BCUT2D eigenvalue weighted by molar-refractivity contribution is 6.21. The second-order valence-electron chi connectivity index (χ2n) is 8.10. The summed E-state index contributed by atoms with van der Waals surface area (Å²) < 4.78 is 0. The number of para-hydroxylation sites is 1. The number of carbonyl (C=O) groups excluding carboxylic acids is 3. The van der Waals surface area contributed by atoms with Crippen LogP contribution in [0.25, 0.3) is 10.9 Å². The Bertz CT molecular complexity index is 1160. The van der Waals surface area contributed by atoms with E-state index in [1.165, 1.54) is 4.90 Å². The number of nitrogens with one attached hydrogen (secondary N) is 1. The van der Waals surface area contributed by atoms with E-state index in [4.69, 9.17) is 0 Å². The third-order valence-corrected chi connectivity index (χ3v) is 6.29. The molecule has 2 aromatic carbocycles. The molecule has 0 bridgehead atoms. The van der Waals surface area contributed by atoms with Crippen molar-refractivity contribution in [2.24, 2.45) is 0 Å². The zero-order valence-corrected chi connectivity index (χ0v) is 17.0. The minimum atomic E-state index is -0.304. The van der Waals surface area contributed by atoms with E-state index in [1.807, 2.05) is 18.2 Å². The Morgan fingerprint density at radius 3 is 2.42 bits per heavy atom. The average Bonchev–Trinajstić information content (AvgIpc) is 3.28. The first-order valence-electron chi connectivity index (χ1n) is 10.5. The molecule has 5 rings (SSSR count). The standard InChI is InChI=1S/C24H23N3O4/c28-14-15-12-19-16-6-3-4-9-20(16)25-21(19)13-27(15)22(29)10-5-11-26-23(30)17-7-1-2-8-18(17)24(26)31/h1-4,6-9,15,25,28H,5,10-14H2. The number of amides is 3. The number of carbonyl (C=O) groups is 3. The molecule has 0 spiro atoms. The molecule has 158 valence electrons. The Labute approximate surface area is 179 Å². The number of aromatic nitrogens is 1. The average molecular weight is 417 g/mol. The molecular weight excluding hydrogens is 394 g/mol. The maximum atomic E-state index is 13.0. The topological polar surface area (TPSA) is 93.7 Å². The van der Waals surface area contributed by atoms with Crippen molar-refractivity contribution in [1.29, 1.82) is 0 Å². The lowest BCUT2D eigenvalue weighted by molar-refractivity contribution is -0.136. The molecule has 0 fully saturated rings. The monoisotopic (exact) mass is 417 g/mol. The van der Waals surface area contributed by atoms with Gasteiger partial charge in [0.1, 0.15) is 0 Å². The van der Waals surface area contributed by atoms with Gasteiger partial charge in [-0.3, -0.25) is 19.3 Å². The summed E-state index contributed by atoms with van der Waals surface area (Å²) in [4.78, 5) is 44.2. The first-order valence-corrected chi connectivity index (χ1v) is 10.5. The second kappa shape index (κ2) is 7.67. The minimum Gasteiger partial charge on any atom is -0.394 e. The fraction of sp³-hybridized carbons (Fsp3) is 0.292. The summed E-state index contributed by atoms with van der Waals surface area (Å²) in [6.45, 7) is 0.511. The van der Waals surface area contributed by atoms with E-state index in [2.05, 4.69) is 11.1 Å². The van der Waals surface area contributed by atoms with Gasteiger partial charge in [0.2, 0.25) is 5.91 Å². The number of aromatic amines is 1. The predicted octanol–water partition coefficient (Wildman–Crippen LogP) is 2.49. The molecular formula is C24H23N3O4.